The average molecular weight is 688 g/mol. The molecule has 4 aromatic carbocycles. The number of carbonyl (C=O) groups excluding carboxylic acids is 2. The summed E-state index contributed by atoms with van der Waals surface area (Å²) in [6.07, 6.45) is 0. The number of hydrogen-bond donors (Lipinski definition) is 3. The monoisotopic (exact) mass is 687 g/mol. The molecule has 4 aromatic rings. The van der Waals surface area contributed by atoms with Crippen LogP contribution in [0.4, 0.5) is 11.4 Å². The highest BCUT2D eigenvalue weighted by Gasteiger charge is 2.30. The Bertz CT molecular complexity index is 1980. The first kappa shape index (κ1) is 35.0. The number of esters is 1. The zero-order chi connectivity index (χ0) is 33.8. The molecular formula is C31H37N5O7S3. The van der Waals surface area contributed by atoms with E-state index in [1.807, 2.05) is 56.2 Å². The molecule has 12 nitrogen and oxygen atoms in total. The van der Waals surface area contributed by atoms with E-state index in [1.165, 1.54) is 12.1 Å². The van der Waals surface area contributed by atoms with Crippen molar-refractivity contribution in [3.8, 4) is 0 Å². The Morgan fingerprint density at radius 2 is 1.09 bits per heavy atom. The van der Waals surface area contributed by atoms with Crippen LogP contribution < -0.4 is 25.0 Å². The van der Waals surface area contributed by atoms with Crippen molar-refractivity contribution in [1.29, 1.82) is 0 Å². The summed E-state index contributed by atoms with van der Waals surface area (Å²) in [5.74, 6) is -2.15. The van der Waals surface area contributed by atoms with Gasteiger partial charge in [-0.2, -0.15) is 21.2 Å². The van der Waals surface area contributed by atoms with E-state index in [4.69, 9.17) is 10.5 Å². The summed E-state index contributed by atoms with van der Waals surface area (Å²) in [6, 6.07) is 17.6. The van der Waals surface area contributed by atoms with Crippen molar-refractivity contribution in [2.45, 2.75) is 21.9 Å². The number of fused-ring (bicyclic) bond motifs is 2. The lowest BCUT2D eigenvalue weighted by Crippen LogP contribution is -2.47. The molecule has 0 spiro atoms. The summed E-state index contributed by atoms with van der Waals surface area (Å²) in [5.41, 5.74) is 7.20. The molecule has 0 aliphatic carbocycles. The van der Waals surface area contributed by atoms with E-state index in [9.17, 15) is 26.4 Å². The van der Waals surface area contributed by atoms with Crippen LogP contribution in [-0.4, -0.2) is 87.6 Å². The summed E-state index contributed by atoms with van der Waals surface area (Å²) in [4.78, 5) is 28.7. The number of amides is 1. The van der Waals surface area contributed by atoms with Crippen LogP contribution in [0.3, 0.4) is 0 Å². The molecule has 0 aliphatic heterocycles. The van der Waals surface area contributed by atoms with E-state index in [0.29, 0.717) is 21.5 Å². The van der Waals surface area contributed by atoms with Crippen molar-refractivity contribution >= 4 is 76.6 Å². The lowest BCUT2D eigenvalue weighted by atomic mass is 10.1. The minimum atomic E-state index is -4.24. The standard InChI is InChI=1S/C31H37N5O7S3/c1-35(2)26-14-6-12-22-20(26)10-8-16-28(22)45(39,40)33-24(30(32)37)18-44-19-25(31(38)43-5)34-46(41,42)29-17-9-11-21-23(29)13-7-15-27(21)36(3)4/h6-17,24-25,33-34H,18-19H2,1-5H3,(H2,32,37)/t24-,25-/m0/s1. The van der Waals surface area contributed by atoms with Crippen LogP contribution in [0, 0.1) is 0 Å². The third-order valence-corrected chi connectivity index (χ3v) is 11.5. The summed E-state index contributed by atoms with van der Waals surface area (Å²) in [6.45, 7) is 0. The minimum Gasteiger partial charge on any atom is -0.468 e. The molecule has 0 saturated carbocycles. The van der Waals surface area contributed by atoms with Gasteiger partial charge >= 0.3 is 5.97 Å². The first-order valence-corrected chi connectivity index (χ1v) is 18.2. The molecule has 2 atom stereocenters. The maximum atomic E-state index is 13.6. The van der Waals surface area contributed by atoms with Gasteiger partial charge in [0.05, 0.1) is 16.9 Å². The summed E-state index contributed by atoms with van der Waals surface area (Å²) in [5, 5.41) is 2.34. The molecule has 0 aromatic heterocycles. The summed E-state index contributed by atoms with van der Waals surface area (Å²) in [7, 11) is 0.0512. The number of nitrogens with two attached hydrogens (primary N) is 1. The fourth-order valence-electron chi connectivity index (χ4n) is 5.05. The highest BCUT2D eigenvalue weighted by atomic mass is 32.2. The zero-order valence-corrected chi connectivity index (χ0v) is 28.5. The molecule has 1 amide bonds. The molecule has 46 heavy (non-hydrogen) atoms. The topological polar surface area (TPSA) is 168 Å². The van der Waals surface area contributed by atoms with E-state index in [0.717, 1.165) is 30.2 Å². The van der Waals surface area contributed by atoms with E-state index in [-0.39, 0.29) is 21.3 Å². The largest absolute Gasteiger partial charge is 0.468 e. The lowest BCUT2D eigenvalue weighted by Gasteiger charge is -2.21. The van der Waals surface area contributed by atoms with Gasteiger partial charge in [-0.1, -0.05) is 48.5 Å². The number of thioether (sulfide) groups is 1. The molecule has 0 heterocycles. The van der Waals surface area contributed by atoms with Crippen molar-refractivity contribution in [2.24, 2.45) is 5.73 Å². The molecule has 0 radical (unpaired) electrons. The predicted octanol–water partition coefficient (Wildman–Crippen LogP) is 2.51. The van der Waals surface area contributed by atoms with E-state index in [2.05, 4.69) is 9.44 Å². The molecular weight excluding hydrogens is 651 g/mol. The van der Waals surface area contributed by atoms with Gasteiger partial charge in [-0.25, -0.2) is 16.8 Å². The third-order valence-electron chi connectivity index (χ3n) is 7.25. The number of hydrogen-bond acceptors (Lipinski definition) is 10. The number of benzene rings is 4. The first-order chi connectivity index (χ1) is 21.7. The highest BCUT2D eigenvalue weighted by Crippen LogP contribution is 2.31. The van der Waals surface area contributed by atoms with Gasteiger partial charge in [0, 0.05) is 72.6 Å². The SMILES string of the molecule is COC(=O)[C@H](CSC[C@H](NS(=O)(=O)c1cccc2c(N(C)C)cccc12)C(N)=O)NS(=O)(=O)c1cccc2c(N(C)C)cccc12. The molecule has 0 unspecified atom stereocenters. The van der Waals surface area contributed by atoms with Crippen LogP contribution in [-0.2, 0) is 34.4 Å². The van der Waals surface area contributed by atoms with Crippen LogP contribution in [0.1, 0.15) is 0 Å². The lowest BCUT2D eigenvalue weighted by molar-refractivity contribution is -0.142. The van der Waals surface area contributed by atoms with Gasteiger partial charge in [0.2, 0.25) is 26.0 Å². The number of anilines is 2. The van der Waals surface area contributed by atoms with Crippen LogP contribution in [0.2, 0.25) is 0 Å². The molecule has 0 saturated heterocycles. The Kier molecular flexibility index (Phi) is 10.8. The quantitative estimate of drug-likeness (QED) is 0.168. The predicted molar refractivity (Wildman–Crippen MR) is 183 cm³/mol. The number of nitrogens with zero attached hydrogens (tertiary/aromatic N) is 2. The normalized spacial score (nSPS) is 13.3. The van der Waals surface area contributed by atoms with Crippen LogP contribution >= 0.6 is 11.8 Å². The van der Waals surface area contributed by atoms with E-state index in [1.54, 1.807) is 42.5 Å². The second-order valence-corrected chi connectivity index (χ2v) is 15.3. The van der Waals surface area contributed by atoms with Crippen molar-refractivity contribution in [3.05, 3.63) is 72.8 Å². The van der Waals surface area contributed by atoms with Gasteiger partial charge < -0.3 is 20.3 Å². The van der Waals surface area contributed by atoms with E-state index >= 15 is 0 Å². The fraction of sp³-hybridized carbons (Fsp3) is 0.290. The smallest absolute Gasteiger partial charge is 0.324 e. The highest BCUT2D eigenvalue weighted by molar-refractivity contribution is 7.99. The molecule has 246 valence electrons. The number of rotatable bonds is 14. The van der Waals surface area contributed by atoms with Crippen molar-refractivity contribution in [1.82, 2.24) is 9.44 Å². The summed E-state index contributed by atoms with van der Waals surface area (Å²) >= 11 is 0.964. The summed E-state index contributed by atoms with van der Waals surface area (Å²) < 4.78 is 63.8. The minimum absolute atomic E-state index is 0.0251. The maximum Gasteiger partial charge on any atom is 0.324 e. The Morgan fingerprint density at radius 3 is 1.50 bits per heavy atom. The van der Waals surface area contributed by atoms with Crippen molar-refractivity contribution < 1.29 is 31.2 Å². The molecule has 0 fully saturated rings. The van der Waals surface area contributed by atoms with E-state index < -0.39 is 44.0 Å². The number of nitrogens with one attached hydrogen (secondary N) is 2. The molecule has 0 aliphatic rings. The zero-order valence-electron chi connectivity index (χ0n) is 26.1. The Labute approximate surface area is 273 Å². The second kappa shape index (κ2) is 14.3. The molecule has 0 bridgehead atoms. The van der Waals surface area contributed by atoms with Crippen molar-refractivity contribution in [3.63, 3.8) is 0 Å². The van der Waals surface area contributed by atoms with Gasteiger partial charge in [0.1, 0.15) is 12.1 Å². The van der Waals surface area contributed by atoms with Gasteiger partial charge in [0.25, 0.3) is 0 Å². The Hall–Kier alpha value is -3.89. The number of methoxy groups -OCH3 is 1. The van der Waals surface area contributed by atoms with Gasteiger partial charge in [-0.05, 0) is 24.3 Å². The second-order valence-electron chi connectivity index (χ2n) is 10.9. The fourth-order valence-corrected chi connectivity index (χ4v) is 9.17. The van der Waals surface area contributed by atoms with Gasteiger partial charge in [-0.15, -0.1) is 0 Å². The Balaban J connectivity index is 1.54. The number of sulfonamides is 2. The van der Waals surface area contributed by atoms with Gasteiger partial charge in [0.15, 0.2) is 0 Å². The van der Waals surface area contributed by atoms with Crippen LogP contribution in [0.25, 0.3) is 21.5 Å². The molecule has 4 rings (SSSR count). The molecule has 4 N–H and O–H groups in total. The first-order valence-electron chi connectivity index (χ1n) is 14.1. The maximum absolute atomic E-state index is 13.6. The van der Waals surface area contributed by atoms with Crippen LogP contribution in [0.15, 0.2) is 82.6 Å². The van der Waals surface area contributed by atoms with Crippen molar-refractivity contribution in [2.75, 3.05) is 56.6 Å². The average Bonchev–Trinajstić information content (AvgIpc) is 3.01. The number of ether oxygens (including phenoxy) is 1. The molecule has 15 heteroatoms. The third kappa shape index (κ3) is 7.56. The number of carbonyl (C=O) groups is 2. The Morgan fingerprint density at radius 1 is 0.696 bits per heavy atom. The van der Waals surface area contributed by atoms with Gasteiger partial charge in [-0.3, -0.25) is 9.59 Å². The van der Waals surface area contributed by atoms with Crippen LogP contribution in [0.5, 0.6) is 0 Å². The number of primary amides is 1.